The summed E-state index contributed by atoms with van der Waals surface area (Å²) in [6, 6.07) is 18.9. The van der Waals surface area contributed by atoms with Gasteiger partial charge in [-0.3, -0.25) is 13.9 Å². The van der Waals surface area contributed by atoms with Gasteiger partial charge in [0.15, 0.2) is 0 Å². The van der Waals surface area contributed by atoms with Crippen LogP contribution in [0.4, 0.5) is 5.69 Å². The number of rotatable bonds is 12. The summed E-state index contributed by atoms with van der Waals surface area (Å²) in [5.41, 5.74) is 4.94. The Kier molecular flexibility index (Phi) is 10.5. The molecule has 0 aliphatic heterocycles. The van der Waals surface area contributed by atoms with Crippen molar-refractivity contribution in [1.82, 2.24) is 10.2 Å². The second-order valence-electron chi connectivity index (χ2n) is 10.4. The minimum Gasteiger partial charge on any atom is -0.354 e. The van der Waals surface area contributed by atoms with Gasteiger partial charge in [-0.25, -0.2) is 8.42 Å². The summed E-state index contributed by atoms with van der Waals surface area (Å²) in [5.74, 6) is -0.731. The Morgan fingerprint density at radius 2 is 1.57 bits per heavy atom. The Hall–Kier alpha value is -3.65. The van der Waals surface area contributed by atoms with Gasteiger partial charge >= 0.3 is 0 Å². The van der Waals surface area contributed by atoms with Gasteiger partial charge in [0.2, 0.25) is 11.8 Å². The Morgan fingerprint density at radius 1 is 0.900 bits per heavy atom. The van der Waals surface area contributed by atoms with Gasteiger partial charge in [0.05, 0.1) is 10.6 Å². The molecule has 0 saturated carbocycles. The fourth-order valence-corrected chi connectivity index (χ4v) is 5.95. The smallest absolute Gasteiger partial charge is 0.264 e. The van der Waals surface area contributed by atoms with Crippen molar-refractivity contribution in [3.8, 4) is 0 Å². The van der Waals surface area contributed by atoms with E-state index < -0.39 is 28.5 Å². The average Bonchev–Trinajstić information content (AvgIpc) is 2.92. The summed E-state index contributed by atoms with van der Waals surface area (Å²) in [5, 5.41) is 2.91. The number of hydrogen-bond donors (Lipinski definition) is 1. The molecule has 0 spiro atoms. The van der Waals surface area contributed by atoms with Crippen LogP contribution in [0.2, 0.25) is 0 Å². The van der Waals surface area contributed by atoms with E-state index in [0.29, 0.717) is 12.2 Å². The number of carbonyl (C=O) groups is 2. The SMILES string of the molecule is CCCCNC(=O)[C@@H](C)N(Cc1cccc(C)c1)C(=O)CN(c1cccc(C)c1C)S(=O)(=O)c1ccc(C)cc1. The summed E-state index contributed by atoms with van der Waals surface area (Å²) in [6.07, 6.45) is 1.77. The van der Waals surface area contributed by atoms with E-state index >= 15 is 0 Å². The minimum absolute atomic E-state index is 0.0994. The van der Waals surface area contributed by atoms with Crippen LogP contribution in [0.1, 0.15) is 54.5 Å². The van der Waals surface area contributed by atoms with Gasteiger partial charge < -0.3 is 10.2 Å². The molecule has 0 aliphatic carbocycles. The molecule has 0 radical (unpaired) electrons. The molecule has 0 fully saturated rings. The fraction of sp³-hybridized carbons (Fsp3) is 0.375. The molecule has 1 N–H and O–H groups in total. The molecule has 0 heterocycles. The fourth-order valence-electron chi connectivity index (χ4n) is 4.48. The minimum atomic E-state index is -4.10. The molecule has 0 aromatic heterocycles. The highest BCUT2D eigenvalue weighted by atomic mass is 32.2. The largest absolute Gasteiger partial charge is 0.354 e. The predicted octanol–water partition coefficient (Wildman–Crippen LogP) is 5.45. The van der Waals surface area contributed by atoms with Crippen molar-refractivity contribution < 1.29 is 18.0 Å². The highest BCUT2D eigenvalue weighted by Crippen LogP contribution is 2.29. The van der Waals surface area contributed by atoms with Crippen molar-refractivity contribution >= 4 is 27.5 Å². The van der Waals surface area contributed by atoms with Gasteiger partial charge in [0.1, 0.15) is 12.6 Å². The van der Waals surface area contributed by atoms with E-state index in [0.717, 1.165) is 40.7 Å². The maximum atomic E-state index is 14.1. The number of sulfonamides is 1. The number of nitrogens with one attached hydrogen (secondary N) is 1. The number of unbranched alkanes of at least 4 members (excludes halogenated alkanes) is 1. The Morgan fingerprint density at radius 3 is 2.23 bits per heavy atom. The summed E-state index contributed by atoms with van der Waals surface area (Å²) in [6.45, 7) is 11.6. The molecule has 0 bridgehead atoms. The zero-order valence-electron chi connectivity index (χ0n) is 24.4. The van der Waals surface area contributed by atoms with Crippen LogP contribution in [0.15, 0.2) is 71.6 Å². The topological polar surface area (TPSA) is 86.8 Å². The first kappa shape index (κ1) is 30.9. The molecule has 0 aliphatic rings. The molecular weight excluding hydrogens is 522 g/mol. The zero-order valence-corrected chi connectivity index (χ0v) is 25.2. The van der Waals surface area contributed by atoms with Crippen LogP contribution >= 0.6 is 0 Å². The van der Waals surface area contributed by atoms with E-state index in [4.69, 9.17) is 0 Å². The second kappa shape index (κ2) is 13.6. The van der Waals surface area contributed by atoms with Crippen molar-refractivity contribution in [2.45, 2.75) is 71.9 Å². The van der Waals surface area contributed by atoms with E-state index in [9.17, 15) is 18.0 Å². The molecule has 3 aromatic rings. The summed E-state index contributed by atoms with van der Waals surface area (Å²) in [7, 11) is -4.10. The number of aryl methyl sites for hydroxylation is 3. The number of benzene rings is 3. The maximum Gasteiger partial charge on any atom is 0.264 e. The number of nitrogens with zero attached hydrogens (tertiary/aromatic N) is 2. The van der Waals surface area contributed by atoms with Gasteiger partial charge in [-0.2, -0.15) is 0 Å². The third kappa shape index (κ3) is 7.50. The van der Waals surface area contributed by atoms with Crippen LogP contribution in [-0.4, -0.2) is 44.3 Å². The summed E-state index contributed by atoms with van der Waals surface area (Å²) < 4.78 is 29.2. The van der Waals surface area contributed by atoms with Crippen LogP contribution < -0.4 is 9.62 Å². The van der Waals surface area contributed by atoms with Crippen molar-refractivity contribution in [2.24, 2.45) is 0 Å². The number of carbonyl (C=O) groups excluding carboxylic acids is 2. The molecule has 0 saturated heterocycles. The lowest BCUT2D eigenvalue weighted by atomic mass is 10.1. The second-order valence-corrected chi connectivity index (χ2v) is 12.2. The lowest BCUT2D eigenvalue weighted by molar-refractivity contribution is -0.139. The van der Waals surface area contributed by atoms with E-state index in [-0.39, 0.29) is 17.3 Å². The molecule has 7 nitrogen and oxygen atoms in total. The van der Waals surface area contributed by atoms with Crippen LogP contribution in [0.3, 0.4) is 0 Å². The lowest BCUT2D eigenvalue weighted by Gasteiger charge is -2.32. The molecule has 8 heteroatoms. The van der Waals surface area contributed by atoms with Crippen molar-refractivity contribution in [1.29, 1.82) is 0 Å². The Bertz CT molecular complexity index is 1430. The van der Waals surface area contributed by atoms with E-state index in [1.807, 2.05) is 65.0 Å². The van der Waals surface area contributed by atoms with E-state index in [1.54, 1.807) is 43.3 Å². The molecule has 214 valence electrons. The predicted molar refractivity (Wildman–Crippen MR) is 161 cm³/mol. The Labute approximate surface area is 239 Å². The van der Waals surface area contributed by atoms with Gasteiger partial charge in [-0.1, -0.05) is 73.0 Å². The molecule has 2 amide bonds. The standard InChI is InChI=1S/C32H41N3O4S/c1-7-8-19-33-32(37)27(6)34(21-28-13-9-11-24(3)20-28)31(36)22-35(30-14-10-12-25(4)26(30)5)40(38,39)29-17-15-23(2)16-18-29/h9-18,20,27H,7-8,19,21-22H2,1-6H3,(H,33,37)/t27-/m1/s1. The third-order valence-corrected chi connectivity index (χ3v) is 8.94. The van der Waals surface area contributed by atoms with Crippen LogP contribution in [-0.2, 0) is 26.2 Å². The average molecular weight is 564 g/mol. The molecule has 0 unspecified atom stereocenters. The van der Waals surface area contributed by atoms with E-state index in [2.05, 4.69) is 5.32 Å². The molecule has 3 rings (SSSR count). The highest BCUT2D eigenvalue weighted by molar-refractivity contribution is 7.92. The van der Waals surface area contributed by atoms with Crippen molar-refractivity contribution in [3.05, 3.63) is 94.5 Å². The van der Waals surface area contributed by atoms with Gasteiger partial charge in [0.25, 0.3) is 10.0 Å². The van der Waals surface area contributed by atoms with Crippen molar-refractivity contribution in [3.63, 3.8) is 0 Å². The van der Waals surface area contributed by atoms with Crippen molar-refractivity contribution in [2.75, 3.05) is 17.4 Å². The zero-order chi connectivity index (χ0) is 29.4. The summed E-state index contributed by atoms with van der Waals surface area (Å²) >= 11 is 0. The number of anilines is 1. The monoisotopic (exact) mass is 563 g/mol. The number of amides is 2. The molecule has 1 atom stereocenters. The number of hydrogen-bond acceptors (Lipinski definition) is 4. The van der Waals surface area contributed by atoms with Gasteiger partial charge in [-0.15, -0.1) is 0 Å². The molecule has 40 heavy (non-hydrogen) atoms. The van der Waals surface area contributed by atoms with Gasteiger partial charge in [-0.05, 0) is 75.9 Å². The first-order chi connectivity index (χ1) is 18.9. The van der Waals surface area contributed by atoms with Crippen LogP contribution in [0.5, 0.6) is 0 Å². The van der Waals surface area contributed by atoms with Crippen LogP contribution in [0, 0.1) is 27.7 Å². The normalized spacial score (nSPS) is 12.1. The first-order valence-corrected chi connectivity index (χ1v) is 15.2. The summed E-state index contributed by atoms with van der Waals surface area (Å²) in [4.78, 5) is 28.7. The molecular formula is C32H41N3O4S. The maximum absolute atomic E-state index is 14.1. The third-order valence-electron chi connectivity index (χ3n) is 7.16. The lowest BCUT2D eigenvalue weighted by Crippen LogP contribution is -2.51. The highest BCUT2D eigenvalue weighted by Gasteiger charge is 2.33. The Balaban J connectivity index is 2.04. The quantitative estimate of drug-likeness (QED) is 0.297. The molecule has 3 aromatic carbocycles. The van der Waals surface area contributed by atoms with E-state index in [1.165, 1.54) is 9.21 Å². The first-order valence-electron chi connectivity index (χ1n) is 13.7. The van der Waals surface area contributed by atoms with Crippen LogP contribution in [0.25, 0.3) is 0 Å². The van der Waals surface area contributed by atoms with Gasteiger partial charge in [0, 0.05) is 13.1 Å².